The van der Waals surface area contributed by atoms with Crippen LogP contribution in [0.15, 0.2) is 30.6 Å². The monoisotopic (exact) mass is 299 g/mol. The summed E-state index contributed by atoms with van der Waals surface area (Å²) in [6.45, 7) is 0.252. The van der Waals surface area contributed by atoms with Crippen LogP contribution in [-0.4, -0.2) is 22.7 Å². The summed E-state index contributed by atoms with van der Waals surface area (Å²) >= 11 is 11.6. The van der Waals surface area contributed by atoms with E-state index in [1.54, 1.807) is 24.4 Å². The van der Waals surface area contributed by atoms with Crippen LogP contribution in [0.3, 0.4) is 0 Å². The lowest BCUT2D eigenvalue weighted by Gasteiger charge is -2.07. The fourth-order valence-electron chi connectivity index (χ4n) is 1.37. The van der Waals surface area contributed by atoms with E-state index in [1.807, 2.05) is 0 Å². The minimum atomic E-state index is -0.151. The number of hydrogen-bond acceptors (Lipinski definition) is 3. The average Bonchev–Trinajstić information content (AvgIpc) is 2.86. The summed E-state index contributed by atoms with van der Waals surface area (Å²) in [5, 5.41) is 9.88. The van der Waals surface area contributed by atoms with E-state index in [4.69, 9.17) is 27.9 Å². The minimum Gasteiger partial charge on any atom is -0.493 e. The summed E-state index contributed by atoms with van der Waals surface area (Å²) in [6.07, 6.45) is 3.35. The second-order valence-corrected chi connectivity index (χ2v) is 4.52. The lowest BCUT2D eigenvalue weighted by molar-refractivity contribution is -0.116. The molecular weight excluding hydrogens is 289 g/mol. The summed E-state index contributed by atoms with van der Waals surface area (Å²) in [4.78, 5) is 11.5. The van der Waals surface area contributed by atoms with Crippen molar-refractivity contribution in [2.24, 2.45) is 0 Å². The fourth-order valence-corrected chi connectivity index (χ4v) is 1.66. The van der Waals surface area contributed by atoms with Crippen molar-refractivity contribution < 1.29 is 9.53 Å². The molecule has 7 heteroatoms. The largest absolute Gasteiger partial charge is 0.493 e. The molecule has 0 bridgehead atoms. The normalized spacial score (nSPS) is 10.2. The first-order chi connectivity index (χ1) is 9.15. The first-order valence-electron chi connectivity index (χ1n) is 5.51. The van der Waals surface area contributed by atoms with Crippen molar-refractivity contribution >= 4 is 34.8 Å². The summed E-state index contributed by atoms with van der Waals surface area (Å²) < 4.78 is 5.40. The van der Waals surface area contributed by atoms with Gasteiger partial charge in [0, 0.05) is 12.3 Å². The van der Waals surface area contributed by atoms with Crippen LogP contribution in [0, 0.1) is 0 Å². The van der Waals surface area contributed by atoms with E-state index in [-0.39, 0.29) is 18.9 Å². The number of carbonyl (C=O) groups excluding carboxylic acids is 1. The van der Waals surface area contributed by atoms with Gasteiger partial charge in [0.2, 0.25) is 5.91 Å². The molecule has 0 aliphatic heterocycles. The SMILES string of the molecule is O=C(CCOc1ccc(Cl)c(Cl)c1)Nc1cn[nH]c1. The summed E-state index contributed by atoms with van der Waals surface area (Å²) in [7, 11) is 0. The van der Waals surface area contributed by atoms with Crippen LogP contribution in [-0.2, 0) is 4.79 Å². The number of amides is 1. The molecule has 0 aliphatic carbocycles. The molecule has 1 heterocycles. The summed E-state index contributed by atoms with van der Waals surface area (Å²) in [6, 6.07) is 4.95. The van der Waals surface area contributed by atoms with Gasteiger partial charge in [-0.05, 0) is 12.1 Å². The molecule has 2 rings (SSSR count). The van der Waals surface area contributed by atoms with Crippen LogP contribution in [0.4, 0.5) is 5.69 Å². The Balaban J connectivity index is 1.76. The zero-order valence-corrected chi connectivity index (χ0v) is 11.3. The van der Waals surface area contributed by atoms with Gasteiger partial charge >= 0.3 is 0 Å². The molecule has 0 fully saturated rings. The van der Waals surface area contributed by atoms with Crippen molar-refractivity contribution in [1.29, 1.82) is 0 Å². The van der Waals surface area contributed by atoms with Gasteiger partial charge in [-0.15, -0.1) is 0 Å². The number of ether oxygens (including phenoxy) is 1. The van der Waals surface area contributed by atoms with Gasteiger partial charge in [-0.1, -0.05) is 23.2 Å². The number of H-pyrrole nitrogens is 1. The van der Waals surface area contributed by atoms with Gasteiger partial charge in [-0.25, -0.2) is 0 Å². The summed E-state index contributed by atoms with van der Waals surface area (Å²) in [5.74, 6) is 0.423. The third-order valence-corrected chi connectivity index (χ3v) is 3.01. The Kier molecular flexibility index (Phi) is 4.65. The lowest BCUT2D eigenvalue weighted by atomic mass is 10.3. The highest BCUT2D eigenvalue weighted by atomic mass is 35.5. The zero-order chi connectivity index (χ0) is 13.7. The molecule has 2 aromatic rings. The number of anilines is 1. The van der Waals surface area contributed by atoms with Crippen molar-refractivity contribution in [3.63, 3.8) is 0 Å². The van der Waals surface area contributed by atoms with E-state index < -0.39 is 0 Å². The molecule has 1 aromatic carbocycles. The molecule has 0 saturated carbocycles. The van der Waals surface area contributed by atoms with Crippen LogP contribution in [0.1, 0.15) is 6.42 Å². The zero-order valence-electron chi connectivity index (χ0n) is 9.82. The Morgan fingerprint density at radius 2 is 2.21 bits per heavy atom. The van der Waals surface area contributed by atoms with Crippen molar-refractivity contribution in [2.75, 3.05) is 11.9 Å². The van der Waals surface area contributed by atoms with Crippen molar-refractivity contribution in [2.45, 2.75) is 6.42 Å². The summed E-state index contributed by atoms with van der Waals surface area (Å²) in [5.41, 5.74) is 0.625. The van der Waals surface area contributed by atoms with Crippen molar-refractivity contribution in [1.82, 2.24) is 10.2 Å². The van der Waals surface area contributed by atoms with Gasteiger partial charge in [0.15, 0.2) is 0 Å². The number of hydrogen-bond donors (Lipinski definition) is 2. The number of aromatic nitrogens is 2. The van der Waals surface area contributed by atoms with E-state index in [2.05, 4.69) is 15.5 Å². The molecule has 0 radical (unpaired) electrons. The van der Waals surface area contributed by atoms with Crippen LogP contribution in [0.2, 0.25) is 10.0 Å². The molecule has 0 unspecified atom stereocenters. The van der Waals surface area contributed by atoms with E-state index in [0.29, 0.717) is 21.5 Å². The average molecular weight is 300 g/mol. The third kappa shape index (κ3) is 4.15. The van der Waals surface area contributed by atoms with Crippen LogP contribution < -0.4 is 10.1 Å². The van der Waals surface area contributed by atoms with Gasteiger partial charge < -0.3 is 10.1 Å². The van der Waals surface area contributed by atoms with E-state index >= 15 is 0 Å². The smallest absolute Gasteiger partial charge is 0.227 e. The van der Waals surface area contributed by atoms with Gasteiger partial charge in [0.25, 0.3) is 0 Å². The maximum atomic E-state index is 11.5. The van der Waals surface area contributed by atoms with Crippen LogP contribution in [0.5, 0.6) is 5.75 Å². The predicted octanol–water partition coefficient (Wildman–Crippen LogP) is 3.12. The number of aromatic amines is 1. The quantitative estimate of drug-likeness (QED) is 0.891. The van der Waals surface area contributed by atoms with Crippen LogP contribution >= 0.6 is 23.2 Å². The first-order valence-corrected chi connectivity index (χ1v) is 6.27. The second-order valence-electron chi connectivity index (χ2n) is 3.71. The van der Waals surface area contributed by atoms with Crippen molar-refractivity contribution in [3.05, 3.63) is 40.6 Å². The van der Waals surface area contributed by atoms with Gasteiger partial charge in [0.05, 0.1) is 35.0 Å². The van der Waals surface area contributed by atoms with E-state index in [1.165, 1.54) is 6.20 Å². The third-order valence-electron chi connectivity index (χ3n) is 2.27. The Hall–Kier alpha value is -1.72. The van der Waals surface area contributed by atoms with E-state index in [9.17, 15) is 4.79 Å². The molecule has 5 nitrogen and oxygen atoms in total. The maximum Gasteiger partial charge on any atom is 0.227 e. The van der Waals surface area contributed by atoms with Crippen molar-refractivity contribution in [3.8, 4) is 5.75 Å². The Labute approximate surface area is 119 Å². The minimum absolute atomic E-state index is 0.151. The molecule has 2 N–H and O–H groups in total. The Morgan fingerprint density at radius 3 is 2.89 bits per heavy atom. The number of nitrogens with zero attached hydrogens (tertiary/aromatic N) is 1. The fraction of sp³-hybridized carbons (Fsp3) is 0.167. The maximum absolute atomic E-state index is 11.5. The van der Waals surface area contributed by atoms with E-state index in [0.717, 1.165) is 0 Å². The number of nitrogens with one attached hydrogen (secondary N) is 2. The Bertz CT molecular complexity index is 558. The molecule has 0 spiro atoms. The predicted molar refractivity (Wildman–Crippen MR) is 73.8 cm³/mol. The molecule has 0 aliphatic rings. The highest BCUT2D eigenvalue weighted by Crippen LogP contribution is 2.26. The highest BCUT2D eigenvalue weighted by molar-refractivity contribution is 6.42. The second kappa shape index (κ2) is 6.45. The molecule has 1 amide bonds. The topological polar surface area (TPSA) is 67.0 Å². The highest BCUT2D eigenvalue weighted by Gasteiger charge is 2.04. The Morgan fingerprint density at radius 1 is 1.37 bits per heavy atom. The number of rotatable bonds is 5. The lowest BCUT2D eigenvalue weighted by Crippen LogP contribution is -2.14. The molecular formula is C12H11Cl2N3O2. The molecule has 0 atom stereocenters. The van der Waals surface area contributed by atoms with Gasteiger partial charge in [-0.2, -0.15) is 5.10 Å². The number of benzene rings is 1. The van der Waals surface area contributed by atoms with Gasteiger partial charge in [0.1, 0.15) is 5.75 Å². The van der Waals surface area contributed by atoms with Gasteiger partial charge in [-0.3, -0.25) is 9.89 Å². The standard InChI is InChI=1S/C12H11Cl2N3O2/c13-10-2-1-9(5-11(10)14)19-4-3-12(18)17-8-6-15-16-7-8/h1-2,5-7H,3-4H2,(H,15,16)(H,17,18). The van der Waals surface area contributed by atoms with Crippen LogP contribution in [0.25, 0.3) is 0 Å². The molecule has 100 valence electrons. The number of halogens is 2. The first kappa shape index (κ1) is 13.7. The number of carbonyl (C=O) groups is 1. The molecule has 1 aromatic heterocycles. The molecule has 0 saturated heterocycles. The molecule has 19 heavy (non-hydrogen) atoms.